The van der Waals surface area contributed by atoms with Gasteiger partial charge in [0, 0.05) is 13.2 Å². The average molecular weight is 252 g/mol. The number of nitriles is 1. The fourth-order valence-corrected chi connectivity index (χ4v) is 2.51. The molecule has 0 bridgehead atoms. The molecule has 1 unspecified atom stereocenters. The van der Waals surface area contributed by atoms with Crippen LogP contribution < -0.4 is 5.32 Å². The van der Waals surface area contributed by atoms with E-state index in [1.165, 1.54) is 38.5 Å². The van der Waals surface area contributed by atoms with E-state index in [0.29, 0.717) is 6.61 Å². The molecule has 0 radical (unpaired) electrons. The predicted molar refractivity (Wildman–Crippen MR) is 74.3 cm³/mol. The summed E-state index contributed by atoms with van der Waals surface area (Å²) in [5.41, 5.74) is 0. The number of rotatable bonds is 8. The van der Waals surface area contributed by atoms with Crippen LogP contribution in [0.4, 0.5) is 0 Å². The van der Waals surface area contributed by atoms with Crippen molar-refractivity contribution in [1.29, 1.82) is 5.26 Å². The molecule has 0 aromatic carbocycles. The fourth-order valence-electron chi connectivity index (χ4n) is 2.51. The van der Waals surface area contributed by atoms with Crippen molar-refractivity contribution in [3.8, 4) is 6.07 Å². The molecule has 3 heteroatoms. The minimum absolute atomic E-state index is 0.0425. The van der Waals surface area contributed by atoms with Crippen LogP contribution in [-0.2, 0) is 4.74 Å². The standard InChI is InChI=1S/C15H28N2O/c1-2-10-17-15(12-16)9-11-18-13-14-7-5-3-4-6-8-14/h14-15,17H,2-11,13H2,1H3. The van der Waals surface area contributed by atoms with Crippen molar-refractivity contribution in [2.45, 2.75) is 64.3 Å². The molecule has 0 aliphatic heterocycles. The summed E-state index contributed by atoms with van der Waals surface area (Å²) in [6.07, 6.45) is 10.1. The molecule has 1 atom stereocenters. The lowest BCUT2D eigenvalue weighted by Gasteiger charge is -2.15. The molecular formula is C15H28N2O. The summed E-state index contributed by atoms with van der Waals surface area (Å²) >= 11 is 0. The van der Waals surface area contributed by atoms with E-state index < -0.39 is 0 Å². The van der Waals surface area contributed by atoms with Crippen molar-refractivity contribution < 1.29 is 4.74 Å². The first kappa shape index (κ1) is 15.5. The Morgan fingerprint density at radius 2 is 2.00 bits per heavy atom. The number of hydrogen-bond donors (Lipinski definition) is 1. The molecule has 1 saturated carbocycles. The highest BCUT2D eigenvalue weighted by molar-refractivity contribution is 4.89. The Kier molecular flexibility index (Phi) is 8.89. The average Bonchev–Trinajstić information content (AvgIpc) is 2.66. The molecule has 0 aromatic rings. The molecule has 0 spiro atoms. The molecule has 104 valence electrons. The number of ether oxygens (including phenoxy) is 1. The minimum atomic E-state index is -0.0425. The quantitative estimate of drug-likeness (QED) is 0.533. The minimum Gasteiger partial charge on any atom is -0.381 e. The molecule has 1 rings (SSSR count). The summed E-state index contributed by atoms with van der Waals surface area (Å²) in [4.78, 5) is 0. The first-order valence-electron chi connectivity index (χ1n) is 7.57. The third-order valence-corrected chi connectivity index (χ3v) is 3.68. The SMILES string of the molecule is CCCNC(C#N)CCOCC1CCCCCC1. The van der Waals surface area contributed by atoms with E-state index >= 15 is 0 Å². The van der Waals surface area contributed by atoms with Crippen molar-refractivity contribution in [2.75, 3.05) is 19.8 Å². The fraction of sp³-hybridized carbons (Fsp3) is 0.933. The molecule has 1 aliphatic carbocycles. The van der Waals surface area contributed by atoms with E-state index in [1.807, 2.05) is 0 Å². The Bertz CT molecular complexity index is 229. The maximum atomic E-state index is 8.97. The highest BCUT2D eigenvalue weighted by Gasteiger charge is 2.12. The van der Waals surface area contributed by atoms with Gasteiger partial charge in [0.1, 0.15) is 0 Å². The molecular weight excluding hydrogens is 224 g/mol. The Balaban J connectivity index is 2.04. The third-order valence-electron chi connectivity index (χ3n) is 3.68. The van der Waals surface area contributed by atoms with Crippen LogP contribution in [0.25, 0.3) is 0 Å². The zero-order valence-electron chi connectivity index (χ0n) is 11.8. The summed E-state index contributed by atoms with van der Waals surface area (Å²) in [6.45, 7) is 4.64. The lowest BCUT2D eigenvalue weighted by molar-refractivity contribution is 0.0893. The highest BCUT2D eigenvalue weighted by Crippen LogP contribution is 2.22. The zero-order chi connectivity index (χ0) is 13.1. The molecule has 1 fully saturated rings. The summed E-state index contributed by atoms with van der Waals surface area (Å²) in [7, 11) is 0. The van der Waals surface area contributed by atoms with Gasteiger partial charge in [0.15, 0.2) is 0 Å². The smallest absolute Gasteiger partial charge is 0.0975 e. The molecule has 18 heavy (non-hydrogen) atoms. The predicted octanol–water partition coefficient (Wildman–Crippen LogP) is 3.26. The van der Waals surface area contributed by atoms with E-state index in [2.05, 4.69) is 18.3 Å². The molecule has 0 aromatic heterocycles. The van der Waals surface area contributed by atoms with Gasteiger partial charge in [-0.25, -0.2) is 0 Å². The molecule has 0 amide bonds. The van der Waals surface area contributed by atoms with Gasteiger partial charge in [-0.15, -0.1) is 0 Å². The maximum absolute atomic E-state index is 8.97. The Morgan fingerprint density at radius 1 is 1.28 bits per heavy atom. The van der Waals surface area contributed by atoms with Crippen molar-refractivity contribution in [2.24, 2.45) is 5.92 Å². The molecule has 0 saturated heterocycles. The van der Waals surface area contributed by atoms with Gasteiger partial charge in [-0.3, -0.25) is 0 Å². The second-order valence-corrected chi connectivity index (χ2v) is 5.36. The summed E-state index contributed by atoms with van der Waals surface area (Å²) in [5.74, 6) is 0.761. The highest BCUT2D eigenvalue weighted by atomic mass is 16.5. The second-order valence-electron chi connectivity index (χ2n) is 5.36. The van der Waals surface area contributed by atoms with Crippen molar-refractivity contribution in [3.05, 3.63) is 0 Å². The van der Waals surface area contributed by atoms with Gasteiger partial charge >= 0.3 is 0 Å². The van der Waals surface area contributed by atoms with Gasteiger partial charge in [0.2, 0.25) is 0 Å². The van der Waals surface area contributed by atoms with Gasteiger partial charge in [-0.05, 0) is 38.1 Å². The van der Waals surface area contributed by atoms with E-state index in [4.69, 9.17) is 10.00 Å². The van der Waals surface area contributed by atoms with E-state index in [-0.39, 0.29) is 6.04 Å². The summed E-state index contributed by atoms with van der Waals surface area (Å²) < 4.78 is 5.75. The Hall–Kier alpha value is -0.590. The van der Waals surface area contributed by atoms with Crippen LogP contribution in [0.1, 0.15) is 58.3 Å². The number of nitrogens with one attached hydrogen (secondary N) is 1. The Labute approximate surface area is 112 Å². The normalized spacial score (nSPS) is 19.1. The maximum Gasteiger partial charge on any atom is 0.0975 e. The lowest BCUT2D eigenvalue weighted by atomic mass is 10.0. The van der Waals surface area contributed by atoms with Crippen molar-refractivity contribution in [1.82, 2.24) is 5.32 Å². The topological polar surface area (TPSA) is 45.0 Å². The molecule has 1 aliphatic rings. The van der Waals surface area contributed by atoms with Crippen LogP contribution in [0.3, 0.4) is 0 Å². The van der Waals surface area contributed by atoms with Gasteiger partial charge in [0.05, 0.1) is 12.1 Å². The first-order valence-corrected chi connectivity index (χ1v) is 7.57. The van der Waals surface area contributed by atoms with Crippen LogP contribution in [0.2, 0.25) is 0 Å². The van der Waals surface area contributed by atoms with E-state index in [9.17, 15) is 0 Å². The lowest BCUT2D eigenvalue weighted by Crippen LogP contribution is -2.29. The Morgan fingerprint density at radius 3 is 2.61 bits per heavy atom. The zero-order valence-corrected chi connectivity index (χ0v) is 11.8. The van der Waals surface area contributed by atoms with Crippen LogP contribution in [-0.4, -0.2) is 25.8 Å². The number of hydrogen-bond acceptors (Lipinski definition) is 3. The van der Waals surface area contributed by atoms with Gasteiger partial charge in [-0.2, -0.15) is 5.26 Å². The molecule has 1 N–H and O–H groups in total. The van der Waals surface area contributed by atoms with Crippen LogP contribution in [0.5, 0.6) is 0 Å². The van der Waals surface area contributed by atoms with Crippen molar-refractivity contribution >= 4 is 0 Å². The van der Waals surface area contributed by atoms with Crippen LogP contribution in [0.15, 0.2) is 0 Å². The van der Waals surface area contributed by atoms with E-state index in [1.54, 1.807) is 0 Å². The monoisotopic (exact) mass is 252 g/mol. The van der Waals surface area contributed by atoms with Gasteiger partial charge in [-0.1, -0.05) is 32.6 Å². The molecule has 0 heterocycles. The second kappa shape index (κ2) is 10.3. The van der Waals surface area contributed by atoms with Gasteiger partial charge in [0.25, 0.3) is 0 Å². The van der Waals surface area contributed by atoms with Gasteiger partial charge < -0.3 is 10.1 Å². The van der Waals surface area contributed by atoms with E-state index in [0.717, 1.165) is 31.9 Å². The van der Waals surface area contributed by atoms with Crippen LogP contribution >= 0.6 is 0 Å². The summed E-state index contributed by atoms with van der Waals surface area (Å²) in [5, 5.41) is 12.2. The molecule has 3 nitrogen and oxygen atoms in total. The number of nitrogens with zero attached hydrogens (tertiary/aromatic N) is 1. The van der Waals surface area contributed by atoms with Crippen molar-refractivity contribution in [3.63, 3.8) is 0 Å². The third kappa shape index (κ3) is 6.98. The van der Waals surface area contributed by atoms with Crippen LogP contribution in [0, 0.1) is 17.2 Å². The summed E-state index contributed by atoms with van der Waals surface area (Å²) in [6, 6.07) is 2.25. The first-order chi connectivity index (χ1) is 8.86. The largest absolute Gasteiger partial charge is 0.381 e.